The van der Waals surface area contributed by atoms with Crippen molar-refractivity contribution in [3.8, 4) is 0 Å². The molecule has 0 saturated heterocycles. The quantitative estimate of drug-likeness (QED) is 0.772. The maximum Gasteiger partial charge on any atom is 0.223 e. The Balaban J connectivity index is 1.81. The number of aliphatic hydroxyl groups excluding tert-OH is 1. The van der Waals surface area contributed by atoms with Crippen LogP contribution < -0.4 is 5.32 Å². The van der Waals surface area contributed by atoms with Crippen LogP contribution in [0.4, 0.5) is 0 Å². The topological polar surface area (TPSA) is 71.2 Å². The molecule has 0 bridgehead atoms. The van der Waals surface area contributed by atoms with Crippen LogP contribution in [-0.2, 0) is 6.54 Å². The number of rotatable bonds is 3. The Labute approximate surface area is 88.9 Å². The van der Waals surface area contributed by atoms with E-state index < -0.39 is 0 Å². The highest BCUT2D eigenvalue weighted by atomic mass is 16.5. The van der Waals surface area contributed by atoms with E-state index in [1.807, 2.05) is 0 Å². The predicted molar refractivity (Wildman–Crippen MR) is 54.1 cm³/mol. The highest BCUT2D eigenvalue weighted by Gasteiger charge is 2.22. The van der Waals surface area contributed by atoms with Gasteiger partial charge in [-0.2, -0.15) is 4.98 Å². The zero-order valence-electron chi connectivity index (χ0n) is 8.94. The average Bonchev–Trinajstić information content (AvgIpc) is 2.63. The summed E-state index contributed by atoms with van der Waals surface area (Å²) in [5.41, 5.74) is 0. The van der Waals surface area contributed by atoms with Crippen molar-refractivity contribution in [3.05, 3.63) is 11.7 Å². The molecule has 1 saturated carbocycles. The lowest BCUT2D eigenvalue weighted by molar-refractivity contribution is 0.0898. The molecular weight excluding hydrogens is 194 g/mol. The van der Waals surface area contributed by atoms with E-state index in [0.717, 1.165) is 19.3 Å². The van der Waals surface area contributed by atoms with Gasteiger partial charge >= 0.3 is 0 Å². The molecule has 0 radical (unpaired) electrons. The second-order valence-corrected chi connectivity index (χ2v) is 4.07. The highest BCUT2D eigenvalue weighted by Crippen LogP contribution is 2.18. The first kappa shape index (κ1) is 10.6. The number of nitrogens with zero attached hydrogens (tertiary/aromatic N) is 2. The normalized spacial score (nSPS) is 26.8. The molecule has 2 atom stereocenters. The van der Waals surface area contributed by atoms with Gasteiger partial charge in [0.15, 0.2) is 5.82 Å². The van der Waals surface area contributed by atoms with Crippen LogP contribution in [0.1, 0.15) is 37.4 Å². The van der Waals surface area contributed by atoms with Crippen molar-refractivity contribution in [2.45, 2.75) is 51.3 Å². The number of aryl methyl sites for hydroxylation is 1. The number of hydrogen-bond donors (Lipinski definition) is 2. The van der Waals surface area contributed by atoms with Crippen LogP contribution in [0, 0.1) is 6.92 Å². The van der Waals surface area contributed by atoms with Crippen molar-refractivity contribution in [2.75, 3.05) is 0 Å². The first-order valence-corrected chi connectivity index (χ1v) is 5.46. The largest absolute Gasteiger partial charge is 0.392 e. The molecule has 1 aromatic heterocycles. The van der Waals surface area contributed by atoms with Crippen LogP contribution in [0.25, 0.3) is 0 Å². The Kier molecular flexibility index (Phi) is 3.33. The van der Waals surface area contributed by atoms with Crippen molar-refractivity contribution in [1.82, 2.24) is 15.5 Å². The first-order valence-electron chi connectivity index (χ1n) is 5.46. The van der Waals surface area contributed by atoms with Crippen molar-refractivity contribution in [3.63, 3.8) is 0 Å². The summed E-state index contributed by atoms with van der Waals surface area (Å²) in [4.78, 5) is 4.10. The van der Waals surface area contributed by atoms with E-state index in [9.17, 15) is 5.11 Å². The molecule has 0 aromatic carbocycles. The van der Waals surface area contributed by atoms with Crippen molar-refractivity contribution < 1.29 is 9.63 Å². The van der Waals surface area contributed by atoms with Crippen LogP contribution in [0.15, 0.2) is 4.52 Å². The summed E-state index contributed by atoms with van der Waals surface area (Å²) >= 11 is 0. The van der Waals surface area contributed by atoms with Gasteiger partial charge < -0.3 is 14.9 Å². The second kappa shape index (κ2) is 4.72. The Hall–Kier alpha value is -0.940. The van der Waals surface area contributed by atoms with Gasteiger partial charge in [-0.3, -0.25) is 0 Å². The van der Waals surface area contributed by atoms with Gasteiger partial charge in [-0.25, -0.2) is 0 Å². The highest BCUT2D eigenvalue weighted by molar-refractivity contribution is 4.86. The minimum Gasteiger partial charge on any atom is -0.392 e. The van der Waals surface area contributed by atoms with Crippen LogP contribution in [-0.4, -0.2) is 27.4 Å². The summed E-state index contributed by atoms with van der Waals surface area (Å²) in [5, 5.41) is 16.8. The lowest BCUT2D eigenvalue weighted by Crippen LogP contribution is -2.41. The maximum atomic E-state index is 9.73. The Morgan fingerprint density at radius 3 is 2.93 bits per heavy atom. The molecule has 84 valence electrons. The lowest BCUT2D eigenvalue weighted by Gasteiger charge is -2.27. The molecular formula is C10H17N3O2. The molecule has 15 heavy (non-hydrogen) atoms. The molecule has 1 aromatic rings. The van der Waals surface area contributed by atoms with Gasteiger partial charge in [-0.1, -0.05) is 18.0 Å². The van der Waals surface area contributed by atoms with Crippen molar-refractivity contribution >= 4 is 0 Å². The van der Waals surface area contributed by atoms with Gasteiger partial charge in [0.1, 0.15) is 0 Å². The van der Waals surface area contributed by atoms with E-state index in [4.69, 9.17) is 4.52 Å². The van der Waals surface area contributed by atoms with Gasteiger partial charge in [-0.05, 0) is 12.8 Å². The summed E-state index contributed by atoms with van der Waals surface area (Å²) in [6, 6.07) is 0.178. The zero-order valence-corrected chi connectivity index (χ0v) is 8.94. The molecule has 2 rings (SSSR count). The van der Waals surface area contributed by atoms with Crippen molar-refractivity contribution in [1.29, 1.82) is 0 Å². The third-order valence-corrected chi connectivity index (χ3v) is 2.82. The third kappa shape index (κ3) is 2.76. The molecule has 0 amide bonds. The minimum atomic E-state index is -0.230. The van der Waals surface area contributed by atoms with E-state index in [1.165, 1.54) is 6.42 Å². The summed E-state index contributed by atoms with van der Waals surface area (Å²) in [5.74, 6) is 1.24. The Morgan fingerprint density at radius 1 is 1.47 bits per heavy atom. The monoisotopic (exact) mass is 211 g/mol. The Morgan fingerprint density at radius 2 is 2.27 bits per heavy atom. The molecule has 1 aliphatic carbocycles. The molecule has 2 N–H and O–H groups in total. The van der Waals surface area contributed by atoms with Gasteiger partial charge in [0.05, 0.1) is 12.6 Å². The SMILES string of the molecule is Cc1nc(CNC2CCCCC2O)no1. The molecule has 1 fully saturated rings. The van der Waals surface area contributed by atoms with Gasteiger partial charge in [0, 0.05) is 13.0 Å². The molecule has 5 nitrogen and oxygen atoms in total. The van der Waals surface area contributed by atoms with Gasteiger partial charge in [0.2, 0.25) is 5.89 Å². The van der Waals surface area contributed by atoms with Crippen LogP contribution in [0.5, 0.6) is 0 Å². The maximum absolute atomic E-state index is 9.73. The molecule has 5 heteroatoms. The number of aliphatic hydroxyl groups is 1. The smallest absolute Gasteiger partial charge is 0.223 e. The number of nitrogens with one attached hydrogen (secondary N) is 1. The fourth-order valence-electron chi connectivity index (χ4n) is 1.98. The summed E-state index contributed by atoms with van der Waals surface area (Å²) < 4.78 is 4.87. The van der Waals surface area contributed by atoms with Crippen LogP contribution >= 0.6 is 0 Å². The van der Waals surface area contributed by atoms with E-state index in [-0.39, 0.29) is 12.1 Å². The fourth-order valence-corrected chi connectivity index (χ4v) is 1.98. The van der Waals surface area contributed by atoms with E-state index in [2.05, 4.69) is 15.5 Å². The first-order chi connectivity index (χ1) is 7.25. The number of aromatic nitrogens is 2. The summed E-state index contributed by atoms with van der Waals surface area (Å²) in [7, 11) is 0. The molecule has 0 spiro atoms. The molecule has 1 heterocycles. The summed E-state index contributed by atoms with van der Waals surface area (Å²) in [6.07, 6.45) is 3.99. The molecule has 1 aliphatic rings. The van der Waals surface area contributed by atoms with Gasteiger partial charge in [0.25, 0.3) is 0 Å². The third-order valence-electron chi connectivity index (χ3n) is 2.82. The van der Waals surface area contributed by atoms with Crippen LogP contribution in [0.3, 0.4) is 0 Å². The van der Waals surface area contributed by atoms with E-state index in [1.54, 1.807) is 6.92 Å². The lowest BCUT2D eigenvalue weighted by atomic mass is 9.93. The zero-order chi connectivity index (χ0) is 10.7. The number of hydrogen-bond acceptors (Lipinski definition) is 5. The molecule has 0 aliphatic heterocycles. The van der Waals surface area contributed by atoms with E-state index >= 15 is 0 Å². The summed E-state index contributed by atoms with van der Waals surface area (Å²) in [6.45, 7) is 2.34. The fraction of sp³-hybridized carbons (Fsp3) is 0.800. The second-order valence-electron chi connectivity index (χ2n) is 4.07. The molecule has 2 unspecified atom stereocenters. The van der Waals surface area contributed by atoms with E-state index in [0.29, 0.717) is 18.3 Å². The van der Waals surface area contributed by atoms with Crippen LogP contribution in [0.2, 0.25) is 0 Å². The predicted octanol–water partition coefficient (Wildman–Crippen LogP) is 0.771. The average molecular weight is 211 g/mol. The standard InChI is InChI=1S/C10H17N3O2/c1-7-12-10(13-15-7)6-11-8-4-2-3-5-9(8)14/h8-9,11,14H,2-6H2,1H3. The van der Waals surface area contributed by atoms with Crippen molar-refractivity contribution in [2.24, 2.45) is 0 Å². The van der Waals surface area contributed by atoms with Gasteiger partial charge in [-0.15, -0.1) is 0 Å². The Bertz CT molecular complexity index is 313. The minimum absolute atomic E-state index is 0.178.